The zero-order valence-electron chi connectivity index (χ0n) is 11.4. The summed E-state index contributed by atoms with van der Waals surface area (Å²) in [5.41, 5.74) is 0.669. The van der Waals surface area contributed by atoms with E-state index in [0.29, 0.717) is 36.0 Å². The van der Waals surface area contributed by atoms with Crippen LogP contribution in [-0.2, 0) is 11.3 Å². The van der Waals surface area contributed by atoms with Gasteiger partial charge < -0.3 is 20.5 Å². The second-order valence-electron chi connectivity index (χ2n) is 4.86. The maximum absolute atomic E-state index is 11.4. The van der Waals surface area contributed by atoms with Crippen molar-refractivity contribution >= 4 is 17.5 Å². The molecule has 1 fully saturated rings. The molecule has 20 heavy (non-hydrogen) atoms. The van der Waals surface area contributed by atoms with Gasteiger partial charge in [-0.05, 0) is 18.9 Å². The molecule has 0 saturated heterocycles. The van der Waals surface area contributed by atoms with E-state index in [1.807, 2.05) is 0 Å². The van der Waals surface area contributed by atoms with E-state index in [1.54, 1.807) is 12.1 Å². The summed E-state index contributed by atoms with van der Waals surface area (Å²) in [7, 11) is 1.48. The molecule has 0 spiro atoms. The molecule has 0 radical (unpaired) electrons. The molecule has 110 valence electrons. The first-order chi connectivity index (χ1) is 9.61. The van der Waals surface area contributed by atoms with E-state index in [-0.39, 0.29) is 17.6 Å². The fourth-order valence-corrected chi connectivity index (χ4v) is 2.14. The van der Waals surface area contributed by atoms with Gasteiger partial charge in [-0.1, -0.05) is 11.6 Å². The Kier molecular flexibility index (Phi) is 5.09. The second kappa shape index (κ2) is 6.81. The second-order valence-corrected chi connectivity index (χ2v) is 5.29. The summed E-state index contributed by atoms with van der Waals surface area (Å²) >= 11 is 5.95. The molecule has 0 atom stereocenters. The Bertz CT molecular complexity index is 490. The lowest BCUT2D eigenvalue weighted by atomic mass is 10.2. The molecule has 0 aliphatic heterocycles. The standard InChI is InChI=1S/C14H19ClN2O3/c1-20-12-7-11(15)6-10(13(12)18)8-16-4-5-17-14(19)9-2-3-9/h6-7,9,16,18H,2-5,8H2,1H3,(H,17,19). The zero-order valence-corrected chi connectivity index (χ0v) is 12.2. The predicted molar refractivity (Wildman–Crippen MR) is 77.1 cm³/mol. The predicted octanol–water partition coefficient (Wildman–Crippen LogP) is 1.67. The molecule has 2 rings (SSSR count). The number of carbonyl (C=O) groups is 1. The van der Waals surface area contributed by atoms with Crippen LogP contribution >= 0.6 is 11.6 Å². The summed E-state index contributed by atoms with van der Waals surface area (Å²) < 4.78 is 5.04. The topological polar surface area (TPSA) is 70.6 Å². The third-order valence-electron chi connectivity index (χ3n) is 3.20. The highest BCUT2D eigenvalue weighted by atomic mass is 35.5. The lowest BCUT2D eigenvalue weighted by Crippen LogP contribution is -2.32. The van der Waals surface area contributed by atoms with Gasteiger partial charge in [0.25, 0.3) is 0 Å². The number of halogens is 1. The molecule has 1 aliphatic rings. The molecule has 1 saturated carbocycles. The molecule has 0 aromatic heterocycles. The average molecular weight is 299 g/mol. The number of rotatable bonds is 7. The quantitative estimate of drug-likeness (QED) is 0.670. The van der Waals surface area contributed by atoms with Crippen molar-refractivity contribution in [2.45, 2.75) is 19.4 Å². The molecule has 1 amide bonds. The van der Waals surface area contributed by atoms with Crippen LogP contribution in [0.15, 0.2) is 12.1 Å². The maximum Gasteiger partial charge on any atom is 0.223 e. The van der Waals surface area contributed by atoms with Crippen molar-refractivity contribution in [1.29, 1.82) is 0 Å². The first kappa shape index (κ1) is 14.9. The number of benzene rings is 1. The molecule has 5 nitrogen and oxygen atoms in total. The molecule has 3 N–H and O–H groups in total. The highest BCUT2D eigenvalue weighted by Gasteiger charge is 2.28. The van der Waals surface area contributed by atoms with Crippen molar-refractivity contribution in [3.05, 3.63) is 22.7 Å². The summed E-state index contributed by atoms with van der Waals surface area (Å²) in [6.45, 7) is 1.67. The molecule has 1 aliphatic carbocycles. The lowest BCUT2D eigenvalue weighted by molar-refractivity contribution is -0.122. The normalized spacial score (nSPS) is 14.1. The minimum Gasteiger partial charge on any atom is -0.504 e. The third-order valence-corrected chi connectivity index (χ3v) is 3.42. The van der Waals surface area contributed by atoms with Gasteiger partial charge in [0.15, 0.2) is 11.5 Å². The van der Waals surface area contributed by atoms with E-state index in [9.17, 15) is 9.90 Å². The Morgan fingerprint density at radius 3 is 2.85 bits per heavy atom. The largest absolute Gasteiger partial charge is 0.504 e. The minimum atomic E-state index is 0.0893. The van der Waals surface area contributed by atoms with Crippen molar-refractivity contribution in [2.24, 2.45) is 5.92 Å². The van der Waals surface area contributed by atoms with Crippen molar-refractivity contribution < 1.29 is 14.6 Å². The first-order valence-electron chi connectivity index (χ1n) is 6.65. The molecule has 1 aromatic carbocycles. The number of aromatic hydroxyl groups is 1. The number of ether oxygens (including phenoxy) is 1. The van der Waals surface area contributed by atoms with Crippen molar-refractivity contribution in [2.75, 3.05) is 20.2 Å². The Morgan fingerprint density at radius 2 is 2.20 bits per heavy atom. The van der Waals surface area contributed by atoms with Gasteiger partial charge in [0.2, 0.25) is 5.91 Å². The van der Waals surface area contributed by atoms with Gasteiger partial charge in [0.1, 0.15) is 0 Å². The Labute approximate surface area is 123 Å². The van der Waals surface area contributed by atoms with Crippen LogP contribution in [0.4, 0.5) is 0 Å². The fraction of sp³-hybridized carbons (Fsp3) is 0.500. The number of hydrogen-bond donors (Lipinski definition) is 3. The number of phenolic OH excluding ortho intramolecular Hbond substituents is 1. The molecule has 0 unspecified atom stereocenters. The van der Waals surface area contributed by atoms with E-state index in [1.165, 1.54) is 7.11 Å². The summed E-state index contributed by atoms with van der Waals surface area (Å²) in [4.78, 5) is 11.4. The summed E-state index contributed by atoms with van der Waals surface area (Å²) in [6.07, 6.45) is 2.02. The monoisotopic (exact) mass is 298 g/mol. The van der Waals surface area contributed by atoms with Crippen LogP contribution in [0, 0.1) is 5.92 Å². The minimum absolute atomic E-state index is 0.0893. The van der Waals surface area contributed by atoms with Crippen LogP contribution in [0.1, 0.15) is 18.4 Å². The highest BCUT2D eigenvalue weighted by Crippen LogP contribution is 2.33. The number of methoxy groups -OCH3 is 1. The van der Waals surface area contributed by atoms with Gasteiger partial charge in [-0.25, -0.2) is 0 Å². The number of carbonyl (C=O) groups excluding carboxylic acids is 1. The Morgan fingerprint density at radius 1 is 1.45 bits per heavy atom. The van der Waals surface area contributed by atoms with Gasteiger partial charge in [-0.3, -0.25) is 4.79 Å². The molecular formula is C14H19ClN2O3. The maximum atomic E-state index is 11.4. The van der Waals surface area contributed by atoms with Crippen molar-refractivity contribution in [1.82, 2.24) is 10.6 Å². The van der Waals surface area contributed by atoms with Gasteiger partial charge in [-0.2, -0.15) is 0 Å². The zero-order chi connectivity index (χ0) is 14.5. The summed E-state index contributed by atoms with van der Waals surface area (Å²) in [5.74, 6) is 0.818. The van der Waals surface area contributed by atoms with Crippen LogP contribution in [0.25, 0.3) is 0 Å². The number of hydrogen-bond acceptors (Lipinski definition) is 4. The first-order valence-corrected chi connectivity index (χ1v) is 7.03. The molecule has 1 aromatic rings. The average Bonchev–Trinajstić information content (AvgIpc) is 3.25. The van der Waals surface area contributed by atoms with Gasteiger partial charge in [0, 0.05) is 42.2 Å². The number of phenols is 1. The molecule has 6 heteroatoms. The van der Waals surface area contributed by atoms with E-state index in [2.05, 4.69) is 10.6 Å². The van der Waals surface area contributed by atoms with Crippen molar-refractivity contribution in [3.8, 4) is 11.5 Å². The van der Waals surface area contributed by atoms with Crippen molar-refractivity contribution in [3.63, 3.8) is 0 Å². The van der Waals surface area contributed by atoms with Gasteiger partial charge >= 0.3 is 0 Å². The Hall–Kier alpha value is -1.46. The number of amides is 1. The van der Waals surface area contributed by atoms with Crippen LogP contribution < -0.4 is 15.4 Å². The Balaban J connectivity index is 1.75. The highest BCUT2D eigenvalue weighted by molar-refractivity contribution is 6.30. The molecule has 0 bridgehead atoms. The summed E-state index contributed by atoms with van der Waals surface area (Å²) in [6, 6.07) is 3.26. The molecule has 0 heterocycles. The van der Waals surface area contributed by atoms with Crippen LogP contribution in [0.5, 0.6) is 11.5 Å². The van der Waals surface area contributed by atoms with Gasteiger partial charge in [0.05, 0.1) is 7.11 Å². The van der Waals surface area contributed by atoms with E-state index < -0.39 is 0 Å². The van der Waals surface area contributed by atoms with E-state index >= 15 is 0 Å². The van der Waals surface area contributed by atoms with Crippen LogP contribution in [0.2, 0.25) is 5.02 Å². The lowest BCUT2D eigenvalue weighted by Gasteiger charge is -2.11. The van der Waals surface area contributed by atoms with Gasteiger partial charge in [-0.15, -0.1) is 0 Å². The van der Waals surface area contributed by atoms with Crippen LogP contribution in [-0.4, -0.2) is 31.2 Å². The smallest absolute Gasteiger partial charge is 0.223 e. The molecular weight excluding hydrogens is 280 g/mol. The fourth-order valence-electron chi connectivity index (χ4n) is 1.91. The van der Waals surface area contributed by atoms with Crippen LogP contribution in [0.3, 0.4) is 0 Å². The summed E-state index contributed by atoms with van der Waals surface area (Å²) in [5, 5.41) is 16.5. The third kappa shape index (κ3) is 4.02. The number of nitrogens with one attached hydrogen (secondary N) is 2. The van der Waals surface area contributed by atoms with E-state index in [4.69, 9.17) is 16.3 Å². The SMILES string of the molecule is COc1cc(Cl)cc(CNCCNC(=O)C2CC2)c1O. The van der Waals surface area contributed by atoms with E-state index in [0.717, 1.165) is 12.8 Å².